The Labute approximate surface area is 142 Å². The smallest absolute Gasteiger partial charge is 0.407 e. The van der Waals surface area contributed by atoms with Crippen LogP contribution in [-0.4, -0.2) is 44.8 Å². The zero-order valence-corrected chi connectivity index (χ0v) is 14.6. The van der Waals surface area contributed by atoms with E-state index < -0.39 is 22.0 Å². The van der Waals surface area contributed by atoms with E-state index in [0.717, 1.165) is 24.2 Å². The van der Waals surface area contributed by atoms with Gasteiger partial charge in [-0.3, -0.25) is 0 Å². The topological polar surface area (TPSA) is 81.7 Å². The van der Waals surface area contributed by atoms with Crippen molar-refractivity contribution in [3.63, 3.8) is 0 Å². The molecule has 2 saturated heterocycles. The molecule has 6 nitrogen and oxygen atoms in total. The molecular weight excluding hydrogens is 330 g/mol. The van der Waals surface area contributed by atoms with Crippen LogP contribution in [0.3, 0.4) is 0 Å². The van der Waals surface area contributed by atoms with Crippen LogP contribution in [0, 0.1) is 5.92 Å². The number of alkyl carbamates (subject to hydrolysis) is 1. The predicted octanol–water partition coefficient (Wildman–Crippen LogP) is 1.68. The van der Waals surface area contributed by atoms with Gasteiger partial charge in [0, 0.05) is 12.5 Å². The SMILES string of the molecule is CCCOCc1cccc(CC2CS(=O)(=O)CC3NC(=O)OC23)c1. The molecule has 2 aliphatic heterocycles. The summed E-state index contributed by atoms with van der Waals surface area (Å²) in [6, 6.07) is 7.53. The van der Waals surface area contributed by atoms with Crippen LogP contribution in [-0.2, 0) is 32.3 Å². The highest BCUT2D eigenvalue weighted by Gasteiger charge is 2.47. The number of rotatable bonds is 6. The van der Waals surface area contributed by atoms with Gasteiger partial charge in [0.2, 0.25) is 0 Å². The van der Waals surface area contributed by atoms with E-state index in [4.69, 9.17) is 9.47 Å². The number of hydrogen-bond donors (Lipinski definition) is 1. The van der Waals surface area contributed by atoms with Crippen LogP contribution in [0.15, 0.2) is 24.3 Å². The molecule has 1 aromatic carbocycles. The number of amides is 1. The van der Waals surface area contributed by atoms with E-state index in [0.29, 0.717) is 13.0 Å². The first-order valence-corrected chi connectivity index (χ1v) is 10.1. The van der Waals surface area contributed by atoms with Crippen molar-refractivity contribution in [1.82, 2.24) is 5.32 Å². The number of benzene rings is 1. The van der Waals surface area contributed by atoms with Gasteiger partial charge in [-0.15, -0.1) is 0 Å². The average molecular weight is 353 g/mol. The molecule has 132 valence electrons. The van der Waals surface area contributed by atoms with E-state index in [1.54, 1.807) is 0 Å². The van der Waals surface area contributed by atoms with E-state index in [2.05, 4.69) is 12.2 Å². The molecule has 7 heteroatoms. The van der Waals surface area contributed by atoms with Crippen molar-refractivity contribution >= 4 is 15.9 Å². The standard InChI is InChI=1S/C17H23NO5S/c1-2-6-22-9-13-5-3-4-12(7-13)8-14-10-24(20,21)11-15-16(14)23-17(19)18-15/h3-5,7,14-16H,2,6,8-11H2,1H3,(H,18,19). The number of fused-ring (bicyclic) bond motifs is 1. The second-order valence-electron chi connectivity index (χ2n) is 6.53. The highest BCUT2D eigenvalue weighted by molar-refractivity contribution is 7.91. The lowest BCUT2D eigenvalue weighted by Gasteiger charge is -2.31. The Morgan fingerprint density at radius 2 is 2.08 bits per heavy atom. The molecule has 0 aliphatic carbocycles. The molecule has 1 aromatic rings. The molecule has 24 heavy (non-hydrogen) atoms. The molecule has 3 unspecified atom stereocenters. The summed E-state index contributed by atoms with van der Waals surface area (Å²) in [5, 5.41) is 2.61. The first kappa shape index (κ1) is 17.2. The maximum atomic E-state index is 12.1. The highest BCUT2D eigenvalue weighted by Crippen LogP contribution is 2.29. The van der Waals surface area contributed by atoms with Crippen LogP contribution < -0.4 is 5.32 Å². The summed E-state index contributed by atoms with van der Waals surface area (Å²) in [5.74, 6) is -0.204. The van der Waals surface area contributed by atoms with Crippen molar-refractivity contribution in [3.8, 4) is 0 Å². The van der Waals surface area contributed by atoms with E-state index in [9.17, 15) is 13.2 Å². The average Bonchev–Trinajstić information content (AvgIpc) is 2.87. The normalized spacial score (nSPS) is 28.0. The molecule has 2 fully saturated rings. The molecule has 3 atom stereocenters. The third kappa shape index (κ3) is 4.08. The molecular formula is C17H23NO5S. The van der Waals surface area contributed by atoms with Gasteiger partial charge in [0.1, 0.15) is 6.10 Å². The van der Waals surface area contributed by atoms with Crippen molar-refractivity contribution in [3.05, 3.63) is 35.4 Å². The molecule has 0 spiro atoms. The van der Waals surface area contributed by atoms with Crippen LogP contribution in [0.5, 0.6) is 0 Å². The van der Waals surface area contributed by atoms with Gasteiger partial charge in [-0.1, -0.05) is 31.2 Å². The Morgan fingerprint density at radius 3 is 2.88 bits per heavy atom. The Bertz CT molecular complexity index is 703. The predicted molar refractivity (Wildman–Crippen MR) is 89.4 cm³/mol. The molecule has 1 amide bonds. The van der Waals surface area contributed by atoms with Crippen molar-refractivity contribution in [2.45, 2.75) is 38.5 Å². The molecule has 0 radical (unpaired) electrons. The van der Waals surface area contributed by atoms with Crippen LogP contribution in [0.2, 0.25) is 0 Å². The number of ether oxygens (including phenoxy) is 2. The summed E-state index contributed by atoms with van der Waals surface area (Å²) in [4.78, 5) is 11.5. The zero-order valence-electron chi connectivity index (χ0n) is 13.7. The molecule has 3 rings (SSSR count). The Balaban J connectivity index is 1.72. The Morgan fingerprint density at radius 1 is 1.29 bits per heavy atom. The van der Waals surface area contributed by atoms with Gasteiger partial charge in [-0.2, -0.15) is 0 Å². The fourth-order valence-corrected chi connectivity index (χ4v) is 5.37. The van der Waals surface area contributed by atoms with E-state index in [1.807, 2.05) is 24.3 Å². The number of nitrogens with one attached hydrogen (secondary N) is 1. The van der Waals surface area contributed by atoms with Gasteiger partial charge in [0.15, 0.2) is 9.84 Å². The van der Waals surface area contributed by atoms with Gasteiger partial charge in [0.05, 0.1) is 24.2 Å². The van der Waals surface area contributed by atoms with Crippen LogP contribution in [0.25, 0.3) is 0 Å². The van der Waals surface area contributed by atoms with Crippen molar-refractivity contribution in [2.75, 3.05) is 18.1 Å². The first-order chi connectivity index (χ1) is 11.5. The number of hydrogen-bond acceptors (Lipinski definition) is 5. The minimum absolute atomic E-state index is 0.0369. The minimum Gasteiger partial charge on any atom is -0.444 e. The maximum absolute atomic E-state index is 12.1. The second kappa shape index (κ2) is 7.11. The molecule has 2 heterocycles. The Kier molecular flexibility index (Phi) is 5.10. The summed E-state index contributed by atoms with van der Waals surface area (Å²) in [7, 11) is -3.18. The van der Waals surface area contributed by atoms with Gasteiger partial charge in [-0.05, 0) is 24.0 Å². The number of carbonyl (C=O) groups excluding carboxylic acids is 1. The van der Waals surface area contributed by atoms with Gasteiger partial charge in [0.25, 0.3) is 0 Å². The zero-order chi connectivity index (χ0) is 17.2. The Hall–Kier alpha value is -1.60. The van der Waals surface area contributed by atoms with Gasteiger partial charge in [-0.25, -0.2) is 13.2 Å². The van der Waals surface area contributed by atoms with E-state index in [1.165, 1.54) is 0 Å². The lowest BCUT2D eigenvalue weighted by atomic mass is 9.91. The molecule has 1 N–H and O–H groups in total. The summed E-state index contributed by atoms with van der Waals surface area (Å²) in [5.41, 5.74) is 2.11. The van der Waals surface area contributed by atoms with Crippen LogP contribution in [0.4, 0.5) is 4.79 Å². The summed E-state index contributed by atoms with van der Waals surface area (Å²) in [6.07, 6.45) is 0.646. The lowest BCUT2D eigenvalue weighted by molar-refractivity contribution is 0.0969. The van der Waals surface area contributed by atoms with E-state index >= 15 is 0 Å². The first-order valence-electron chi connectivity index (χ1n) is 8.30. The molecule has 0 aromatic heterocycles. The highest BCUT2D eigenvalue weighted by atomic mass is 32.2. The number of sulfone groups is 1. The number of carbonyl (C=O) groups is 1. The van der Waals surface area contributed by atoms with Crippen molar-refractivity contribution in [1.29, 1.82) is 0 Å². The molecule has 0 saturated carbocycles. The summed E-state index contributed by atoms with van der Waals surface area (Å²) < 4.78 is 35.1. The largest absolute Gasteiger partial charge is 0.444 e. The summed E-state index contributed by atoms with van der Waals surface area (Å²) in [6.45, 7) is 3.33. The molecule has 2 aliphatic rings. The van der Waals surface area contributed by atoms with E-state index in [-0.39, 0.29) is 23.5 Å². The van der Waals surface area contributed by atoms with Gasteiger partial charge >= 0.3 is 6.09 Å². The summed E-state index contributed by atoms with van der Waals surface area (Å²) >= 11 is 0. The lowest BCUT2D eigenvalue weighted by Crippen LogP contribution is -2.49. The third-order valence-electron chi connectivity index (χ3n) is 4.42. The quantitative estimate of drug-likeness (QED) is 0.787. The fourth-order valence-electron chi connectivity index (χ4n) is 3.46. The third-order valence-corrected chi connectivity index (χ3v) is 6.22. The van der Waals surface area contributed by atoms with Gasteiger partial charge < -0.3 is 14.8 Å². The monoisotopic (exact) mass is 353 g/mol. The molecule has 0 bridgehead atoms. The fraction of sp³-hybridized carbons (Fsp3) is 0.588. The van der Waals surface area contributed by atoms with Crippen LogP contribution in [0.1, 0.15) is 24.5 Å². The minimum atomic E-state index is -3.18. The second-order valence-corrected chi connectivity index (χ2v) is 8.69. The van der Waals surface area contributed by atoms with Crippen LogP contribution >= 0.6 is 0 Å². The maximum Gasteiger partial charge on any atom is 0.407 e. The van der Waals surface area contributed by atoms with Crippen molar-refractivity contribution in [2.24, 2.45) is 5.92 Å². The van der Waals surface area contributed by atoms with Crippen molar-refractivity contribution < 1.29 is 22.7 Å².